The molecule has 1 aromatic heterocycles. The molecule has 3 nitrogen and oxygen atoms in total. The predicted octanol–water partition coefficient (Wildman–Crippen LogP) is 3.44. The van der Waals surface area contributed by atoms with E-state index in [1.165, 1.54) is 18.4 Å². The van der Waals surface area contributed by atoms with E-state index in [1.807, 2.05) is 18.2 Å². The van der Waals surface area contributed by atoms with Gasteiger partial charge in [0.15, 0.2) is 0 Å². The van der Waals surface area contributed by atoms with E-state index in [0.717, 1.165) is 18.3 Å². The third-order valence-electron chi connectivity index (χ3n) is 4.40. The molecule has 0 radical (unpaired) electrons. The number of benzene rings is 1. The second-order valence-electron chi connectivity index (χ2n) is 6.01. The summed E-state index contributed by atoms with van der Waals surface area (Å²) >= 11 is 0. The van der Waals surface area contributed by atoms with Crippen molar-refractivity contribution >= 4 is 0 Å². The van der Waals surface area contributed by atoms with Crippen LogP contribution in [0.4, 0.5) is 0 Å². The molecule has 0 saturated heterocycles. The van der Waals surface area contributed by atoms with E-state index in [4.69, 9.17) is 4.42 Å². The van der Waals surface area contributed by atoms with Gasteiger partial charge in [0.25, 0.3) is 0 Å². The van der Waals surface area contributed by atoms with Crippen LogP contribution in [0.1, 0.15) is 37.1 Å². The van der Waals surface area contributed by atoms with Crippen molar-refractivity contribution in [1.82, 2.24) is 10.2 Å². The summed E-state index contributed by atoms with van der Waals surface area (Å²) in [4.78, 5) is 2.48. The molecule has 1 N–H and O–H groups in total. The molecule has 2 unspecified atom stereocenters. The van der Waals surface area contributed by atoms with Gasteiger partial charge in [-0.15, -0.1) is 0 Å². The van der Waals surface area contributed by atoms with Crippen LogP contribution in [0.25, 0.3) is 0 Å². The molecule has 0 aliphatic heterocycles. The van der Waals surface area contributed by atoms with Gasteiger partial charge in [-0.05, 0) is 44.5 Å². The van der Waals surface area contributed by atoms with Crippen LogP contribution in [-0.4, -0.2) is 30.6 Å². The Morgan fingerprint density at radius 2 is 1.95 bits per heavy atom. The lowest BCUT2D eigenvalue weighted by atomic mass is 10.0. The van der Waals surface area contributed by atoms with Crippen molar-refractivity contribution < 1.29 is 4.42 Å². The van der Waals surface area contributed by atoms with Crippen LogP contribution in [0.5, 0.6) is 0 Å². The minimum absolute atomic E-state index is 0.122. The molecule has 1 fully saturated rings. The first-order valence-electron chi connectivity index (χ1n) is 7.79. The largest absolute Gasteiger partial charge is 0.467 e. The number of likely N-dealkylation sites (N-methyl/N-ethyl adjacent to an activating group) is 1. The molecule has 0 amide bonds. The van der Waals surface area contributed by atoms with Gasteiger partial charge in [-0.1, -0.05) is 30.3 Å². The number of rotatable bonds is 7. The monoisotopic (exact) mass is 284 g/mol. The molecule has 0 spiro atoms. The number of furan rings is 1. The van der Waals surface area contributed by atoms with E-state index in [9.17, 15) is 0 Å². The minimum Gasteiger partial charge on any atom is -0.467 e. The number of nitrogens with one attached hydrogen (secondary N) is 1. The van der Waals surface area contributed by atoms with E-state index >= 15 is 0 Å². The minimum atomic E-state index is 0.122. The Labute approximate surface area is 127 Å². The van der Waals surface area contributed by atoms with Crippen LogP contribution in [0.15, 0.2) is 53.1 Å². The standard InChI is InChI=1S/C18H24N2O/c1-14(20(2)16-10-11-16)13-19-18(17-9-6-12-21-17)15-7-4-3-5-8-15/h3-9,12,14,16,18-19H,10-11,13H2,1-2H3. The van der Waals surface area contributed by atoms with Crippen LogP contribution >= 0.6 is 0 Å². The van der Waals surface area contributed by atoms with Gasteiger partial charge in [-0.3, -0.25) is 4.90 Å². The Hall–Kier alpha value is -1.58. The third kappa shape index (κ3) is 3.55. The zero-order chi connectivity index (χ0) is 14.7. The van der Waals surface area contributed by atoms with Crippen molar-refractivity contribution in [2.75, 3.05) is 13.6 Å². The highest BCUT2D eigenvalue weighted by Gasteiger charge is 2.29. The smallest absolute Gasteiger partial charge is 0.125 e. The first-order valence-corrected chi connectivity index (χ1v) is 7.79. The highest BCUT2D eigenvalue weighted by atomic mass is 16.3. The fourth-order valence-corrected chi connectivity index (χ4v) is 2.76. The molecule has 0 bridgehead atoms. The van der Waals surface area contributed by atoms with Crippen molar-refractivity contribution in [3.8, 4) is 0 Å². The molecule has 3 rings (SSSR count). The zero-order valence-electron chi connectivity index (χ0n) is 12.8. The first kappa shape index (κ1) is 14.4. The van der Waals surface area contributed by atoms with Crippen molar-refractivity contribution in [3.05, 3.63) is 60.1 Å². The molecule has 2 atom stereocenters. The average Bonchev–Trinajstić information content (AvgIpc) is 3.24. The lowest BCUT2D eigenvalue weighted by Crippen LogP contribution is -2.40. The number of hydrogen-bond acceptors (Lipinski definition) is 3. The molecule has 112 valence electrons. The van der Waals surface area contributed by atoms with E-state index < -0.39 is 0 Å². The van der Waals surface area contributed by atoms with Gasteiger partial charge in [0.05, 0.1) is 12.3 Å². The average molecular weight is 284 g/mol. The van der Waals surface area contributed by atoms with Crippen molar-refractivity contribution in [1.29, 1.82) is 0 Å². The van der Waals surface area contributed by atoms with Crippen LogP contribution in [0, 0.1) is 0 Å². The van der Waals surface area contributed by atoms with Gasteiger partial charge in [-0.2, -0.15) is 0 Å². The highest BCUT2D eigenvalue weighted by molar-refractivity contribution is 5.26. The van der Waals surface area contributed by atoms with E-state index in [2.05, 4.69) is 48.5 Å². The molecular weight excluding hydrogens is 260 g/mol. The molecule has 1 aromatic carbocycles. The summed E-state index contributed by atoms with van der Waals surface area (Å²) in [5.74, 6) is 0.975. The van der Waals surface area contributed by atoms with E-state index in [0.29, 0.717) is 6.04 Å². The number of nitrogens with zero attached hydrogens (tertiary/aromatic N) is 1. The molecule has 2 aromatic rings. The lowest BCUT2D eigenvalue weighted by molar-refractivity contribution is 0.236. The maximum Gasteiger partial charge on any atom is 0.125 e. The van der Waals surface area contributed by atoms with Crippen molar-refractivity contribution in [3.63, 3.8) is 0 Å². The van der Waals surface area contributed by atoms with Crippen molar-refractivity contribution in [2.45, 2.75) is 37.9 Å². The molecule has 1 saturated carbocycles. The summed E-state index contributed by atoms with van der Waals surface area (Å²) in [6, 6.07) is 15.9. The topological polar surface area (TPSA) is 28.4 Å². The van der Waals surface area contributed by atoms with Crippen LogP contribution in [-0.2, 0) is 0 Å². The zero-order valence-corrected chi connectivity index (χ0v) is 12.8. The summed E-state index contributed by atoms with van der Waals surface area (Å²) in [5, 5.41) is 3.67. The van der Waals surface area contributed by atoms with Gasteiger partial charge in [0.2, 0.25) is 0 Å². The molecule has 1 heterocycles. The lowest BCUT2D eigenvalue weighted by Gasteiger charge is -2.27. The van der Waals surface area contributed by atoms with E-state index in [-0.39, 0.29) is 6.04 Å². The Kier molecular flexibility index (Phi) is 4.42. The molecule has 1 aliphatic carbocycles. The maximum absolute atomic E-state index is 5.63. The van der Waals surface area contributed by atoms with Crippen LogP contribution in [0.2, 0.25) is 0 Å². The Balaban J connectivity index is 1.68. The fourth-order valence-electron chi connectivity index (χ4n) is 2.76. The normalized spacial score (nSPS) is 17.9. The van der Waals surface area contributed by atoms with Crippen molar-refractivity contribution in [2.24, 2.45) is 0 Å². The molecule has 1 aliphatic rings. The number of hydrogen-bond donors (Lipinski definition) is 1. The second-order valence-corrected chi connectivity index (χ2v) is 6.01. The Morgan fingerprint density at radius 1 is 1.19 bits per heavy atom. The molecular formula is C18H24N2O. The van der Waals surface area contributed by atoms with Crippen LogP contribution < -0.4 is 5.32 Å². The summed E-state index contributed by atoms with van der Waals surface area (Å²) < 4.78 is 5.63. The summed E-state index contributed by atoms with van der Waals surface area (Å²) in [5.41, 5.74) is 1.24. The summed E-state index contributed by atoms with van der Waals surface area (Å²) in [7, 11) is 2.23. The van der Waals surface area contributed by atoms with Gasteiger partial charge in [0.1, 0.15) is 5.76 Å². The fraction of sp³-hybridized carbons (Fsp3) is 0.444. The Morgan fingerprint density at radius 3 is 2.57 bits per heavy atom. The predicted molar refractivity (Wildman–Crippen MR) is 85.2 cm³/mol. The summed E-state index contributed by atoms with van der Waals surface area (Å²) in [6.45, 7) is 3.24. The van der Waals surface area contributed by atoms with E-state index in [1.54, 1.807) is 6.26 Å². The highest BCUT2D eigenvalue weighted by Crippen LogP contribution is 2.27. The second kappa shape index (κ2) is 6.46. The van der Waals surface area contributed by atoms with Crippen LogP contribution in [0.3, 0.4) is 0 Å². The SMILES string of the molecule is CC(CNC(c1ccccc1)c1ccco1)N(C)C1CC1. The quantitative estimate of drug-likeness (QED) is 0.844. The molecule has 3 heteroatoms. The molecule has 21 heavy (non-hydrogen) atoms. The first-order chi connectivity index (χ1) is 10.3. The Bertz CT molecular complexity index is 534. The third-order valence-corrected chi connectivity index (χ3v) is 4.40. The van der Waals surface area contributed by atoms with Gasteiger partial charge >= 0.3 is 0 Å². The maximum atomic E-state index is 5.63. The van der Waals surface area contributed by atoms with Gasteiger partial charge < -0.3 is 9.73 Å². The van der Waals surface area contributed by atoms with Gasteiger partial charge in [-0.25, -0.2) is 0 Å². The van der Waals surface area contributed by atoms with Gasteiger partial charge in [0, 0.05) is 18.6 Å². The summed E-state index contributed by atoms with van der Waals surface area (Å²) in [6.07, 6.45) is 4.44.